The number of amides is 1. The molecule has 3 rings (SSSR count). The van der Waals surface area contributed by atoms with E-state index in [1.807, 2.05) is 0 Å². The molecule has 1 aliphatic carbocycles. The van der Waals surface area contributed by atoms with Crippen molar-refractivity contribution in [2.75, 3.05) is 13.1 Å². The molecule has 0 radical (unpaired) electrons. The molecule has 1 aromatic rings. The zero-order valence-electron chi connectivity index (χ0n) is 8.97. The molecular formula is C12H14N2O2. The van der Waals surface area contributed by atoms with E-state index in [-0.39, 0.29) is 5.91 Å². The van der Waals surface area contributed by atoms with Gasteiger partial charge in [-0.25, -0.2) is 0 Å². The predicted molar refractivity (Wildman–Crippen MR) is 57.8 cm³/mol. The fourth-order valence-corrected chi connectivity index (χ4v) is 2.31. The maximum Gasteiger partial charge on any atom is 0.255 e. The van der Waals surface area contributed by atoms with Gasteiger partial charge in [0.25, 0.3) is 5.91 Å². The van der Waals surface area contributed by atoms with Crippen LogP contribution in [0.3, 0.4) is 0 Å². The predicted octanol–water partition coefficient (Wildman–Crippen LogP) is 0.678. The first-order valence-corrected chi connectivity index (χ1v) is 5.61. The topological polar surface area (TPSA) is 53.4 Å². The van der Waals surface area contributed by atoms with Crippen molar-refractivity contribution in [1.29, 1.82) is 0 Å². The summed E-state index contributed by atoms with van der Waals surface area (Å²) in [6.45, 7) is 0.955. The second-order valence-corrected chi connectivity index (χ2v) is 4.78. The molecule has 2 fully saturated rings. The summed E-state index contributed by atoms with van der Waals surface area (Å²) in [4.78, 5) is 17.5. The second-order valence-electron chi connectivity index (χ2n) is 4.78. The van der Waals surface area contributed by atoms with Crippen LogP contribution in [0.25, 0.3) is 0 Å². The first kappa shape index (κ1) is 9.78. The lowest BCUT2D eigenvalue weighted by atomic mass is 9.88. The normalized spacial score (nSPS) is 22.7. The van der Waals surface area contributed by atoms with E-state index < -0.39 is 5.60 Å². The van der Waals surface area contributed by atoms with Crippen LogP contribution in [0.1, 0.15) is 23.2 Å². The van der Waals surface area contributed by atoms with Gasteiger partial charge in [-0.05, 0) is 30.9 Å². The van der Waals surface area contributed by atoms with Crippen LogP contribution in [-0.4, -0.2) is 39.6 Å². The van der Waals surface area contributed by atoms with E-state index in [0.29, 0.717) is 24.6 Å². The minimum atomic E-state index is -0.599. The van der Waals surface area contributed by atoms with Crippen LogP contribution < -0.4 is 0 Å². The third-order valence-electron chi connectivity index (χ3n) is 3.46. The van der Waals surface area contributed by atoms with E-state index in [1.54, 1.807) is 29.4 Å². The number of nitrogens with zero attached hydrogens (tertiary/aromatic N) is 2. The van der Waals surface area contributed by atoms with Crippen LogP contribution in [0.2, 0.25) is 0 Å². The van der Waals surface area contributed by atoms with E-state index in [0.717, 1.165) is 12.8 Å². The van der Waals surface area contributed by atoms with E-state index in [2.05, 4.69) is 4.98 Å². The number of aliphatic hydroxyl groups is 1. The minimum Gasteiger partial charge on any atom is -0.386 e. The molecule has 0 bridgehead atoms. The van der Waals surface area contributed by atoms with Crippen molar-refractivity contribution in [3.8, 4) is 0 Å². The number of hydrogen-bond acceptors (Lipinski definition) is 3. The molecule has 1 saturated carbocycles. The first-order valence-electron chi connectivity index (χ1n) is 5.61. The summed E-state index contributed by atoms with van der Waals surface area (Å²) < 4.78 is 0. The van der Waals surface area contributed by atoms with Crippen molar-refractivity contribution in [2.24, 2.45) is 5.92 Å². The number of pyridine rings is 1. The SMILES string of the molecule is O=C(c1cccnc1)N1CC(O)(C2CC2)C1. The van der Waals surface area contributed by atoms with Crippen LogP contribution in [0.4, 0.5) is 0 Å². The lowest BCUT2D eigenvalue weighted by molar-refractivity contribution is -0.0958. The molecule has 2 aliphatic rings. The van der Waals surface area contributed by atoms with Crippen molar-refractivity contribution in [3.63, 3.8) is 0 Å². The second kappa shape index (κ2) is 3.28. The third kappa shape index (κ3) is 1.50. The fraction of sp³-hybridized carbons (Fsp3) is 0.500. The van der Waals surface area contributed by atoms with Crippen LogP contribution >= 0.6 is 0 Å². The van der Waals surface area contributed by atoms with Gasteiger partial charge in [-0.15, -0.1) is 0 Å². The maximum atomic E-state index is 11.9. The number of carbonyl (C=O) groups excluding carboxylic acids is 1. The number of aromatic nitrogens is 1. The van der Waals surface area contributed by atoms with Crippen LogP contribution in [0.15, 0.2) is 24.5 Å². The molecule has 1 saturated heterocycles. The number of hydrogen-bond donors (Lipinski definition) is 1. The van der Waals surface area contributed by atoms with Crippen molar-refractivity contribution in [3.05, 3.63) is 30.1 Å². The fourth-order valence-electron chi connectivity index (χ4n) is 2.31. The standard InChI is InChI=1S/C12H14N2O2/c15-11(9-2-1-5-13-6-9)14-7-12(16,8-14)10-3-4-10/h1-2,5-6,10,16H,3-4,7-8H2. The van der Waals surface area contributed by atoms with Gasteiger partial charge in [-0.3, -0.25) is 9.78 Å². The Morgan fingerprint density at radius 1 is 1.50 bits per heavy atom. The Morgan fingerprint density at radius 2 is 2.25 bits per heavy atom. The Balaban J connectivity index is 1.66. The van der Waals surface area contributed by atoms with Gasteiger partial charge in [0, 0.05) is 12.4 Å². The zero-order valence-corrected chi connectivity index (χ0v) is 8.97. The molecule has 2 heterocycles. The molecule has 84 valence electrons. The highest BCUT2D eigenvalue weighted by Gasteiger charge is 2.53. The third-order valence-corrected chi connectivity index (χ3v) is 3.46. The summed E-state index contributed by atoms with van der Waals surface area (Å²) in [5.41, 5.74) is -0.00179. The Morgan fingerprint density at radius 3 is 2.81 bits per heavy atom. The summed E-state index contributed by atoms with van der Waals surface area (Å²) in [5, 5.41) is 10.1. The molecule has 16 heavy (non-hydrogen) atoms. The van der Waals surface area contributed by atoms with Crippen LogP contribution in [0.5, 0.6) is 0 Å². The lowest BCUT2D eigenvalue weighted by Gasteiger charge is -2.46. The Labute approximate surface area is 93.9 Å². The Hall–Kier alpha value is -1.42. The van der Waals surface area contributed by atoms with Crippen LogP contribution in [0, 0.1) is 5.92 Å². The number of rotatable bonds is 2. The molecule has 0 atom stereocenters. The highest BCUT2D eigenvalue weighted by Crippen LogP contribution is 2.44. The largest absolute Gasteiger partial charge is 0.386 e. The minimum absolute atomic E-state index is 0.0292. The summed E-state index contributed by atoms with van der Waals surface area (Å²) in [6.07, 6.45) is 5.42. The van der Waals surface area contributed by atoms with Gasteiger partial charge in [0.05, 0.1) is 18.7 Å². The van der Waals surface area contributed by atoms with E-state index >= 15 is 0 Å². The smallest absolute Gasteiger partial charge is 0.255 e. The quantitative estimate of drug-likeness (QED) is 0.794. The lowest BCUT2D eigenvalue weighted by Crippen LogP contribution is -2.64. The van der Waals surface area contributed by atoms with Crippen LogP contribution in [-0.2, 0) is 0 Å². The van der Waals surface area contributed by atoms with Gasteiger partial charge in [-0.1, -0.05) is 0 Å². The van der Waals surface area contributed by atoms with Crippen molar-refractivity contribution in [2.45, 2.75) is 18.4 Å². The van der Waals surface area contributed by atoms with Crippen molar-refractivity contribution in [1.82, 2.24) is 9.88 Å². The highest BCUT2D eigenvalue weighted by atomic mass is 16.3. The summed E-state index contributed by atoms with van der Waals surface area (Å²) in [6, 6.07) is 3.50. The summed E-state index contributed by atoms with van der Waals surface area (Å²) >= 11 is 0. The van der Waals surface area contributed by atoms with E-state index in [4.69, 9.17) is 0 Å². The van der Waals surface area contributed by atoms with Crippen molar-refractivity contribution >= 4 is 5.91 Å². The molecule has 1 aromatic heterocycles. The average Bonchev–Trinajstić information content (AvgIpc) is 3.09. The first-order chi connectivity index (χ1) is 7.69. The number of β-amino-alcohol motifs (C(OH)–C–C–N with tert-alkyl or cyclic N) is 1. The maximum absolute atomic E-state index is 11.9. The number of likely N-dealkylation sites (tertiary alicyclic amines) is 1. The Bertz CT molecular complexity index is 408. The average molecular weight is 218 g/mol. The van der Waals surface area contributed by atoms with Gasteiger partial charge in [0.15, 0.2) is 0 Å². The molecule has 1 N–H and O–H groups in total. The van der Waals surface area contributed by atoms with E-state index in [9.17, 15) is 9.90 Å². The summed E-state index contributed by atoms with van der Waals surface area (Å²) in [5.74, 6) is 0.392. The van der Waals surface area contributed by atoms with Gasteiger partial charge < -0.3 is 10.0 Å². The van der Waals surface area contributed by atoms with Gasteiger partial charge in [-0.2, -0.15) is 0 Å². The Kier molecular flexibility index (Phi) is 2.01. The molecule has 0 aromatic carbocycles. The molecule has 0 unspecified atom stereocenters. The molecular weight excluding hydrogens is 204 g/mol. The zero-order chi connectivity index (χ0) is 11.2. The van der Waals surface area contributed by atoms with E-state index in [1.165, 1.54) is 0 Å². The monoisotopic (exact) mass is 218 g/mol. The molecule has 4 heteroatoms. The van der Waals surface area contributed by atoms with Gasteiger partial charge in [0.1, 0.15) is 5.60 Å². The summed E-state index contributed by atoms with van der Waals surface area (Å²) in [7, 11) is 0. The van der Waals surface area contributed by atoms with Gasteiger partial charge >= 0.3 is 0 Å². The molecule has 1 amide bonds. The molecule has 0 spiro atoms. The van der Waals surface area contributed by atoms with Crippen molar-refractivity contribution < 1.29 is 9.90 Å². The number of carbonyl (C=O) groups is 1. The molecule has 1 aliphatic heterocycles. The van der Waals surface area contributed by atoms with Gasteiger partial charge in [0.2, 0.25) is 0 Å². The highest BCUT2D eigenvalue weighted by molar-refractivity contribution is 5.94. The molecule has 4 nitrogen and oxygen atoms in total.